The third kappa shape index (κ3) is 6.36. The predicted molar refractivity (Wildman–Crippen MR) is 51.7 cm³/mol. The first-order chi connectivity index (χ1) is 4.66. The van der Waals surface area contributed by atoms with Crippen molar-refractivity contribution >= 4 is 29.2 Å². The quantitative estimate of drug-likeness (QED) is 0.523. The molecule has 0 aromatic rings. The standard InChI is InChI=1S/C7H14OS2/c1-3-4-5-6(2)8-7(9)10/h6H,3-5H2,1-2H3,(H,9,10). The average molecular weight is 178 g/mol. The van der Waals surface area contributed by atoms with Gasteiger partial charge in [0.2, 0.25) is 4.38 Å². The highest BCUT2D eigenvalue weighted by Gasteiger charge is 2.01. The molecule has 3 heteroatoms. The minimum Gasteiger partial charge on any atom is -0.476 e. The molecule has 0 saturated carbocycles. The van der Waals surface area contributed by atoms with Crippen LogP contribution < -0.4 is 0 Å². The van der Waals surface area contributed by atoms with Crippen LogP contribution in [0.15, 0.2) is 0 Å². The molecule has 1 unspecified atom stereocenters. The molecule has 0 fully saturated rings. The van der Waals surface area contributed by atoms with E-state index in [0.29, 0.717) is 4.38 Å². The molecule has 1 atom stereocenters. The molecule has 10 heavy (non-hydrogen) atoms. The fourth-order valence-electron chi connectivity index (χ4n) is 0.723. The minimum absolute atomic E-state index is 0.227. The second-order valence-corrected chi connectivity index (χ2v) is 3.42. The second-order valence-electron chi connectivity index (χ2n) is 2.34. The van der Waals surface area contributed by atoms with E-state index in [0.717, 1.165) is 6.42 Å². The van der Waals surface area contributed by atoms with Crippen LogP contribution in [0, 0.1) is 0 Å². The lowest BCUT2D eigenvalue weighted by atomic mass is 10.2. The molecule has 0 spiro atoms. The molecule has 1 nitrogen and oxygen atoms in total. The summed E-state index contributed by atoms with van der Waals surface area (Å²) >= 11 is 8.53. The molecule has 60 valence electrons. The van der Waals surface area contributed by atoms with Gasteiger partial charge in [-0.15, -0.1) is 0 Å². The number of rotatable bonds is 4. The molecule has 0 rings (SSSR count). The maximum absolute atomic E-state index is 5.15. The lowest BCUT2D eigenvalue weighted by Crippen LogP contribution is -2.08. The summed E-state index contributed by atoms with van der Waals surface area (Å²) in [5.74, 6) is 0. The number of unbranched alkanes of at least 4 members (excludes halogenated alkanes) is 1. The molecule has 0 aromatic carbocycles. The van der Waals surface area contributed by atoms with E-state index in [4.69, 9.17) is 4.74 Å². The van der Waals surface area contributed by atoms with Crippen molar-refractivity contribution in [2.24, 2.45) is 0 Å². The zero-order chi connectivity index (χ0) is 7.98. The summed E-state index contributed by atoms with van der Waals surface area (Å²) < 4.78 is 5.50. The maximum Gasteiger partial charge on any atom is 0.217 e. The van der Waals surface area contributed by atoms with Gasteiger partial charge in [0.1, 0.15) is 0 Å². The summed E-state index contributed by atoms with van der Waals surface area (Å²) in [6, 6.07) is 0. The normalized spacial score (nSPS) is 12.7. The van der Waals surface area contributed by atoms with Crippen LogP contribution in [0.4, 0.5) is 0 Å². The van der Waals surface area contributed by atoms with E-state index < -0.39 is 0 Å². The molecule has 0 bridgehead atoms. The SMILES string of the molecule is CCCCC(C)OC(=S)S. The first-order valence-electron chi connectivity index (χ1n) is 3.56. The van der Waals surface area contributed by atoms with Crippen molar-refractivity contribution in [1.82, 2.24) is 0 Å². The van der Waals surface area contributed by atoms with Gasteiger partial charge < -0.3 is 4.74 Å². The van der Waals surface area contributed by atoms with Crippen molar-refractivity contribution in [2.75, 3.05) is 0 Å². The van der Waals surface area contributed by atoms with Crippen molar-refractivity contribution < 1.29 is 4.74 Å². The van der Waals surface area contributed by atoms with Gasteiger partial charge in [0.05, 0.1) is 6.10 Å². The molecule has 0 aliphatic rings. The van der Waals surface area contributed by atoms with Crippen molar-refractivity contribution in [3.63, 3.8) is 0 Å². The predicted octanol–water partition coefficient (Wildman–Crippen LogP) is 2.80. The Morgan fingerprint density at radius 3 is 2.70 bits per heavy atom. The number of hydrogen-bond donors (Lipinski definition) is 1. The fourth-order valence-corrected chi connectivity index (χ4v) is 1.07. The minimum atomic E-state index is 0.227. The number of thiocarbonyl (C=S) groups is 1. The molecule has 0 heterocycles. The third-order valence-electron chi connectivity index (χ3n) is 1.27. The average Bonchev–Trinajstić information content (AvgIpc) is 1.82. The summed E-state index contributed by atoms with van der Waals surface area (Å²) in [7, 11) is 0. The van der Waals surface area contributed by atoms with E-state index in [1.165, 1.54) is 12.8 Å². The van der Waals surface area contributed by atoms with E-state index in [2.05, 4.69) is 31.8 Å². The van der Waals surface area contributed by atoms with Gasteiger partial charge in [-0.1, -0.05) is 32.4 Å². The molecule has 0 aromatic heterocycles. The van der Waals surface area contributed by atoms with Crippen LogP contribution in [0.1, 0.15) is 33.1 Å². The number of ether oxygens (including phenoxy) is 1. The monoisotopic (exact) mass is 178 g/mol. The Balaban J connectivity index is 3.25. The molecule has 0 aliphatic heterocycles. The molecule has 0 amide bonds. The van der Waals surface area contributed by atoms with Crippen molar-refractivity contribution in [2.45, 2.75) is 39.2 Å². The van der Waals surface area contributed by atoms with E-state index in [9.17, 15) is 0 Å². The summed E-state index contributed by atoms with van der Waals surface area (Å²) in [4.78, 5) is 0. The van der Waals surface area contributed by atoms with Gasteiger partial charge in [0, 0.05) is 0 Å². The fraction of sp³-hybridized carbons (Fsp3) is 0.857. The van der Waals surface area contributed by atoms with Crippen LogP contribution in [0.3, 0.4) is 0 Å². The van der Waals surface area contributed by atoms with Gasteiger partial charge >= 0.3 is 0 Å². The molecule has 0 saturated heterocycles. The highest BCUT2D eigenvalue weighted by molar-refractivity contribution is 8.10. The maximum atomic E-state index is 5.15. The Labute approximate surface area is 73.6 Å². The summed E-state index contributed by atoms with van der Waals surface area (Å²) in [5, 5.41) is 0. The Bertz CT molecular complexity index is 104. The van der Waals surface area contributed by atoms with Crippen LogP contribution in [0.2, 0.25) is 0 Å². The lowest BCUT2D eigenvalue weighted by Gasteiger charge is -2.11. The molecule has 0 radical (unpaired) electrons. The van der Waals surface area contributed by atoms with E-state index in [1.807, 2.05) is 6.92 Å². The molecular formula is C7H14OS2. The topological polar surface area (TPSA) is 9.23 Å². The first kappa shape index (κ1) is 10.2. The zero-order valence-electron chi connectivity index (χ0n) is 6.46. The van der Waals surface area contributed by atoms with Crippen LogP contribution in [-0.4, -0.2) is 10.5 Å². The van der Waals surface area contributed by atoms with Crippen LogP contribution >= 0.6 is 24.8 Å². The number of thiol groups is 1. The van der Waals surface area contributed by atoms with Gasteiger partial charge in [0.25, 0.3) is 0 Å². The molecule has 0 aliphatic carbocycles. The van der Waals surface area contributed by atoms with Gasteiger partial charge in [-0.2, -0.15) is 0 Å². The van der Waals surface area contributed by atoms with Crippen LogP contribution in [0.25, 0.3) is 0 Å². The third-order valence-corrected chi connectivity index (χ3v) is 1.47. The summed E-state index contributed by atoms with van der Waals surface area (Å²) in [6.45, 7) is 4.17. The smallest absolute Gasteiger partial charge is 0.217 e. The lowest BCUT2D eigenvalue weighted by molar-refractivity contribution is 0.207. The Hall–Kier alpha value is 0.240. The summed E-state index contributed by atoms with van der Waals surface area (Å²) in [5.41, 5.74) is 0. The largest absolute Gasteiger partial charge is 0.476 e. The summed E-state index contributed by atoms with van der Waals surface area (Å²) in [6.07, 6.45) is 3.69. The first-order valence-corrected chi connectivity index (χ1v) is 4.42. The van der Waals surface area contributed by atoms with E-state index in [1.54, 1.807) is 0 Å². The van der Waals surface area contributed by atoms with Crippen LogP contribution in [0.5, 0.6) is 0 Å². The van der Waals surface area contributed by atoms with E-state index >= 15 is 0 Å². The van der Waals surface area contributed by atoms with Gasteiger partial charge in [-0.3, -0.25) is 0 Å². The van der Waals surface area contributed by atoms with Crippen molar-refractivity contribution in [1.29, 1.82) is 0 Å². The Morgan fingerprint density at radius 1 is 1.70 bits per heavy atom. The highest BCUT2D eigenvalue weighted by atomic mass is 32.1. The van der Waals surface area contributed by atoms with Gasteiger partial charge in [0.15, 0.2) is 0 Å². The van der Waals surface area contributed by atoms with E-state index in [-0.39, 0.29) is 6.10 Å². The molecule has 0 N–H and O–H groups in total. The molecular weight excluding hydrogens is 164 g/mol. The van der Waals surface area contributed by atoms with Gasteiger partial charge in [-0.25, -0.2) is 0 Å². The van der Waals surface area contributed by atoms with Crippen LogP contribution in [-0.2, 0) is 4.74 Å². The Kier molecular flexibility index (Phi) is 6.13. The van der Waals surface area contributed by atoms with Crippen molar-refractivity contribution in [3.05, 3.63) is 0 Å². The number of hydrogen-bond acceptors (Lipinski definition) is 2. The second kappa shape index (κ2) is 5.98. The van der Waals surface area contributed by atoms with Gasteiger partial charge in [-0.05, 0) is 25.6 Å². The zero-order valence-corrected chi connectivity index (χ0v) is 8.17. The Morgan fingerprint density at radius 2 is 2.30 bits per heavy atom. The van der Waals surface area contributed by atoms with Crippen molar-refractivity contribution in [3.8, 4) is 0 Å². The highest BCUT2D eigenvalue weighted by Crippen LogP contribution is 2.05.